The molecule has 0 spiro atoms. The lowest BCUT2D eigenvalue weighted by Gasteiger charge is -2.07. The highest BCUT2D eigenvalue weighted by Gasteiger charge is 2.10. The van der Waals surface area contributed by atoms with Crippen molar-refractivity contribution in [3.8, 4) is 17.6 Å². The minimum absolute atomic E-state index is 0.0646. The van der Waals surface area contributed by atoms with Crippen LogP contribution in [0.5, 0.6) is 11.5 Å². The van der Waals surface area contributed by atoms with Crippen molar-refractivity contribution in [2.24, 2.45) is 0 Å². The second-order valence-electron chi connectivity index (χ2n) is 4.20. The molecule has 0 fully saturated rings. The Balaban J connectivity index is 2.05. The molecule has 0 N–H and O–H groups in total. The number of rotatable bonds is 5. The van der Waals surface area contributed by atoms with Gasteiger partial charge in [-0.05, 0) is 30.3 Å². The number of carbonyl (C=O) groups is 1. The average molecular weight is 285 g/mol. The van der Waals surface area contributed by atoms with Gasteiger partial charge in [-0.2, -0.15) is 5.26 Å². The van der Waals surface area contributed by atoms with Crippen molar-refractivity contribution >= 4 is 5.78 Å². The van der Waals surface area contributed by atoms with Gasteiger partial charge in [-0.15, -0.1) is 0 Å². The van der Waals surface area contributed by atoms with Crippen molar-refractivity contribution in [3.63, 3.8) is 0 Å². The van der Waals surface area contributed by atoms with Crippen molar-refractivity contribution in [1.29, 1.82) is 5.26 Å². The topological polar surface area (TPSA) is 59.3 Å². The van der Waals surface area contributed by atoms with E-state index in [4.69, 9.17) is 14.7 Å². The smallest absolute Gasteiger partial charge is 0.200 e. The Morgan fingerprint density at radius 3 is 2.76 bits per heavy atom. The molecule has 0 amide bonds. The fourth-order valence-electron chi connectivity index (χ4n) is 1.71. The Morgan fingerprint density at radius 2 is 2.10 bits per heavy atom. The highest BCUT2D eigenvalue weighted by atomic mass is 19.1. The van der Waals surface area contributed by atoms with E-state index < -0.39 is 5.82 Å². The molecule has 0 saturated heterocycles. The van der Waals surface area contributed by atoms with Crippen LogP contribution in [0.1, 0.15) is 15.9 Å². The molecule has 0 unspecified atom stereocenters. The Morgan fingerprint density at radius 1 is 1.29 bits per heavy atom. The van der Waals surface area contributed by atoms with Gasteiger partial charge in [-0.1, -0.05) is 12.1 Å². The number of halogens is 1. The molecular weight excluding hydrogens is 273 g/mol. The van der Waals surface area contributed by atoms with Crippen LogP contribution in [0.2, 0.25) is 0 Å². The Bertz CT molecular complexity index is 707. The minimum Gasteiger partial charge on any atom is -0.497 e. The zero-order chi connectivity index (χ0) is 15.2. The number of Topliss-reactive ketones (excluding diaryl/α,β-unsaturated/α-hetero) is 1. The van der Waals surface area contributed by atoms with E-state index in [9.17, 15) is 9.18 Å². The molecule has 2 aromatic rings. The maximum absolute atomic E-state index is 13.6. The maximum atomic E-state index is 13.6. The third-order valence-corrected chi connectivity index (χ3v) is 2.81. The van der Waals surface area contributed by atoms with Crippen LogP contribution in [-0.2, 0) is 0 Å². The van der Waals surface area contributed by atoms with E-state index in [1.807, 2.05) is 6.07 Å². The molecule has 0 aliphatic rings. The molecule has 4 nitrogen and oxygen atoms in total. The van der Waals surface area contributed by atoms with E-state index in [0.717, 1.165) is 6.07 Å². The van der Waals surface area contributed by atoms with Gasteiger partial charge in [0.2, 0.25) is 0 Å². The largest absolute Gasteiger partial charge is 0.497 e. The van der Waals surface area contributed by atoms with E-state index in [1.54, 1.807) is 24.3 Å². The molecule has 2 aromatic carbocycles. The first-order valence-electron chi connectivity index (χ1n) is 6.13. The first-order valence-corrected chi connectivity index (χ1v) is 6.13. The van der Waals surface area contributed by atoms with E-state index in [-0.39, 0.29) is 23.7 Å². The van der Waals surface area contributed by atoms with Crippen LogP contribution in [0.3, 0.4) is 0 Å². The van der Waals surface area contributed by atoms with Crippen molar-refractivity contribution < 1.29 is 18.7 Å². The first kappa shape index (κ1) is 14.5. The molecule has 0 atom stereocenters. The van der Waals surface area contributed by atoms with Crippen LogP contribution in [0.4, 0.5) is 4.39 Å². The van der Waals surface area contributed by atoms with Gasteiger partial charge in [0.05, 0.1) is 18.7 Å². The van der Waals surface area contributed by atoms with Crippen LogP contribution in [0, 0.1) is 17.1 Å². The van der Waals surface area contributed by atoms with Gasteiger partial charge in [0.1, 0.15) is 5.75 Å². The predicted octanol–water partition coefficient (Wildman–Crippen LogP) is 2.97. The first-order chi connectivity index (χ1) is 10.1. The summed E-state index contributed by atoms with van der Waals surface area (Å²) in [5.74, 6) is -0.471. The molecule has 2 rings (SSSR count). The summed E-state index contributed by atoms with van der Waals surface area (Å²) >= 11 is 0. The number of benzene rings is 2. The number of hydrogen-bond acceptors (Lipinski definition) is 4. The molecule has 21 heavy (non-hydrogen) atoms. The summed E-state index contributed by atoms with van der Waals surface area (Å²) in [6.07, 6.45) is 0. The highest BCUT2D eigenvalue weighted by Crippen LogP contribution is 2.19. The predicted molar refractivity (Wildman–Crippen MR) is 73.9 cm³/mol. The van der Waals surface area contributed by atoms with Gasteiger partial charge in [0.15, 0.2) is 24.0 Å². The van der Waals surface area contributed by atoms with Crippen LogP contribution in [-0.4, -0.2) is 19.5 Å². The molecular formula is C16H12FNO3. The van der Waals surface area contributed by atoms with Crippen LogP contribution in [0.15, 0.2) is 42.5 Å². The zero-order valence-electron chi connectivity index (χ0n) is 11.3. The summed E-state index contributed by atoms with van der Waals surface area (Å²) in [6.45, 7) is -0.296. The van der Waals surface area contributed by atoms with Crippen molar-refractivity contribution in [2.45, 2.75) is 0 Å². The second-order valence-corrected chi connectivity index (χ2v) is 4.20. The standard InChI is InChI=1S/C16H12FNO3/c1-20-13-4-2-3-12(8-13)15(19)10-21-16-6-5-11(9-18)7-14(16)17/h2-8H,10H2,1H3. The summed E-state index contributed by atoms with van der Waals surface area (Å²) in [5, 5.41) is 8.65. The van der Waals surface area contributed by atoms with Gasteiger partial charge < -0.3 is 9.47 Å². The van der Waals surface area contributed by atoms with E-state index >= 15 is 0 Å². The van der Waals surface area contributed by atoms with Gasteiger partial charge in [-0.3, -0.25) is 4.79 Å². The quantitative estimate of drug-likeness (QED) is 0.792. The molecule has 0 saturated carbocycles. The average Bonchev–Trinajstić information content (AvgIpc) is 2.53. The summed E-state index contributed by atoms with van der Waals surface area (Å²) in [5.41, 5.74) is 0.613. The maximum Gasteiger partial charge on any atom is 0.200 e. The van der Waals surface area contributed by atoms with Gasteiger partial charge >= 0.3 is 0 Å². The lowest BCUT2D eigenvalue weighted by molar-refractivity contribution is 0.0918. The zero-order valence-corrected chi connectivity index (χ0v) is 11.3. The van der Waals surface area contributed by atoms with Crippen LogP contribution < -0.4 is 9.47 Å². The molecule has 106 valence electrons. The normalized spacial score (nSPS) is 9.76. The molecule has 0 bridgehead atoms. The van der Waals surface area contributed by atoms with Gasteiger partial charge in [-0.25, -0.2) is 4.39 Å². The Kier molecular flexibility index (Phi) is 4.52. The third kappa shape index (κ3) is 3.57. The van der Waals surface area contributed by atoms with Gasteiger partial charge in [0.25, 0.3) is 0 Å². The second kappa shape index (κ2) is 6.53. The lowest BCUT2D eigenvalue weighted by atomic mass is 10.1. The molecule has 0 aliphatic heterocycles. The monoisotopic (exact) mass is 285 g/mol. The number of nitrogens with zero attached hydrogens (tertiary/aromatic N) is 1. The minimum atomic E-state index is -0.674. The highest BCUT2D eigenvalue weighted by molar-refractivity contribution is 5.97. The number of ether oxygens (including phenoxy) is 2. The number of methoxy groups -OCH3 is 1. The summed E-state index contributed by atoms with van der Waals surface area (Å²) in [6, 6.07) is 12.3. The summed E-state index contributed by atoms with van der Waals surface area (Å²) in [7, 11) is 1.51. The van der Waals surface area contributed by atoms with Crippen molar-refractivity contribution in [1.82, 2.24) is 0 Å². The van der Waals surface area contributed by atoms with Gasteiger partial charge in [0, 0.05) is 5.56 Å². The van der Waals surface area contributed by atoms with Crippen molar-refractivity contribution in [2.75, 3.05) is 13.7 Å². The van der Waals surface area contributed by atoms with E-state index in [0.29, 0.717) is 11.3 Å². The molecule has 0 heterocycles. The molecule has 5 heteroatoms. The summed E-state index contributed by atoms with van der Waals surface area (Å²) < 4.78 is 23.8. The fourth-order valence-corrected chi connectivity index (χ4v) is 1.71. The SMILES string of the molecule is COc1cccc(C(=O)COc2ccc(C#N)cc2F)c1. The Labute approximate surface area is 121 Å². The summed E-state index contributed by atoms with van der Waals surface area (Å²) in [4.78, 5) is 12.0. The van der Waals surface area contributed by atoms with Crippen molar-refractivity contribution in [3.05, 3.63) is 59.4 Å². The van der Waals surface area contributed by atoms with Crippen LogP contribution >= 0.6 is 0 Å². The lowest BCUT2D eigenvalue weighted by Crippen LogP contribution is -2.12. The number of carbonyl (C=O) groups excluding carboxylic acids is 1. The van der Waals surface area contributed by atoms with E-state index in [1.165, 1.54) is 19.2 Å². The number of nitriles is 1. The number of ketones is 1. The fraction of sp³-hybridized carbons (Fsp3) is 0.125. The molecule has 0 radical (unpaired) electrons. The van der Waals surface area contributed by atoms with Crippen LogP contribution in [0.25, 0.3) is 0 Å². The third-order valence-electron chi connectivity index (χ3n) is 2.81. The Hall–Kier alpha value is -2.87. The molecule has 0 aliphatic carbocycles. The number of hydrogen-bond donors (Lipinski definition) is 0. The molecule has 0 aromatic heterocycles. The van der Waals surface area contributed by atoms with E-state index in [2.05, 4.69) is 0 Å².